The van der Waals surface area contributed by atoms with E-state index < -0.39 is 5.60 Å². The van der Waals surface area contributed by atoms with E-state index in [1.807, 2.05) is 13.8 Å². The molecule has 1 fully saturated rings. The molecule has 6 heteroatoms. The van der Waals surface area contributed by atoms with E-state index in [0.717, 1.165) is 38.5 Å². The summed E-state index contributed by atoms with van der Waals surface area (Å²) in [6.07, 6.45) is 0. The fourth-order valence-electron chi connectivity index (χ4n) is 1.72. The fourth-order valence-corrected chi connectivity index (χ4v) is 1.72. The highest BCUT2D eigenvalue weighted by molar-refractivity contribution is 4.95. The lowest BCUT2D eigenvalue weighted by atomic mass is 10.1. The van der Waals surface area contributed by atoms with Crippen LogP contribution < -0.4 is 5.32 Å². The van der Waals surface area contributed by atoms with Gasteiger partial charge in [0.15, 0.2) is 5.82 Å². The van der Waals surface area contributed by atoms with Crippen LogP contribution >= 0.6 is 0 Å². The van der Waals surface area contributed by atoms with Gasteiger partial charge < -0.3 is 14.6 Å². The Balaban J connectivity index is 1.98. The minimum atomic E-state index is -0.519. The molecule has 0 amide bonds. The number of nitrogens with zero attached hydrogens (tertiary/aromatic N) is 3. The number of piperazine rings is 1. The van der Waals surface area contributed by atoms with Gasteiger partial charge in [0.25, 0.3) is 5.89 Å². The molecule has 0 aromatic carbocycles. The van der Waals surface area contributed by atoms with Gasteiger partial charge >= 0.3 is 0 Å². The molecule has 17 heavy (non-hydrogen) atoms. The summed E-state index contributed by atoms with van der Waals surface area (Å²) >= 11 is 0. The predicted octanol–water partition coefficient (Wildman–Crippen LogP) is 0.356. The first-order chi connectivity index (χ1) is 8.12. The average molecular weight is 240 g/mol. The molecule has 1 aliphatic rings. The number of nitrogens with one attached hydrogen (secondary N) is 1. The van der Waals surface area contributed by atoms with Gasteiger partial charge in [-0.15, -0.1) is 0 Å². The zero-order valence-corrected chi connectivity index (χ0v) is 10.7. The molecule has 1 saturated heterocycles. The van der Waals surface area contributed by atoms with Crippen molar-refractivity contribution >= 4 is 0 Å². The van der Waals surface area contributed by atoms with E-state index in [4.69, 9.17) is 9.26 Å². The van der Waals surface area contributed by atoms with Crippen molar-refractivity contribution in [3.05, 3.63) is 11.7 Å². The largest absolute Gasteiger partial charge is 0.369 e. The normalized spacial score (nSPS) is 18.5. The zero-order valence-electron chi connectivity index (χ0n) is 10.7. The maximum absolute atomic E-state index is 5.31. The standard InChI is InChI=1S/C11H20N4O2/c1-11(2,16-3)10-13-9(14-17-10)8-15-6-4-12-5-7-15/h12H,4-8H2,1-3H3. The zero-order chi connectivity index (χ0) is 12.3. The maximum Gasteiger partial charge on any atom is 0.258 e. The van der Waals surface area contributed by atoms with E-state index in [1.54, 1.807) is 7.11 Å². The Hall–Kier alpha value is -0.980. The summed E-state index contributed by atoms with van der Waals surface area (Å²) in [5.41, 5.74) is -0.519. The van der Waals surface area contributed by atoms with Gasteiger partial charge in [-0.25, -0.2) is 0 Å². The predicted molar refractivity (Wildman–Crippen MR) is 62.5 cm³/mol. The van der Waals surface area contributed by atoms with Gasteiger partial charge in [-0.2, -0.15) is 4.98 Å². The van der Waals surface area contributed by atoms with Gasteiger partial charge in [0.1, 0.15) is 5.60 Å². The number of aromatic nitrogens is 2. The molecule has 2 heterocycles. The number of hydrogen-bond acceptors (Lipinski definition) is 6. The van der Waals surface area contributed by atoms with Crippen molar-refractivity contribution in [2.45, 2.75) is 26.0 Å². The average Bonchev–Trinajstić information content (AvgIpc) is 2.80. The Morgan fingerprint density at radius 1 is 1.41 bits per heavy atom. The lowest BCUT2D eigenvalue weighted by Gasteiger charge is -2.25. The molecule has 1 aliphatic heterocycles. The van der Waals surface area contributed by atoms with Crippen molar-refractivity contribution < 1.29 is 9.26 Å². The third-order valence-electron chi connectivity index (χ3n) is 3.07. The summed E-state index contributed by atoms with van der Waals surface area (Å²) in [6, 6.07) is 0. The third kappa shape index (κ3) is 3.02. The Morgan fingerprint density at radius 2 is 2.12 bits per heavy atom. The molecule has 0 atom stereocenters. The van der Waals surface area contributed by atoms with Crippen LogP contribution in [0.1, 0.15) is 25.6 Å². The second-order valence-corrected chi connectivity index (χ2v) is 4.76. The lowest BCUT2D eigenvalue weighted by molar-refractivity contribution is -0.00786. The fraction of sp³-hybridized carbons (Fsp3) is 0.818. The Kier molecular flexibility index (Phi) is 3.76. The SMILES string of the molecule is COC(C)(C)c1nc(CN2CCNCC2)no1. The van der Waals surface area contributed by atoms with Crippen LogP contribution in [0.2, 0.25) is 0 Å². The van der Waals surface area contributed by atoms with Crippen LogP contribution in [-0.2, 0) is 16.9 Å². The van der Waals surface area contributed by atoms with E-state index in [1.165, 1.54) is 0 Å². The molecular formula is C11H20N4O2. The summed E-state index contributed by atoms with van der Waals surface area (Å²) in [5.74, 6) is 1.26. The summed E-state index contributed by atoms with van der Waals surface area (Å²) in [7, 11) is 1.64. The van der Waals surface area contributed by atoms with Gasteiger partial charge in [-0.3, -0.25) is 4.90 Å². The summed E-state index contributed by atoms with van der Waals surface area (Å²) < 4.78 is 10.5. The Morgan fingerprint density at radius 3 is 2.76 bits per heavy atom. The first kappa shape index (κ1) is 12.5. The maximum atomic E-state index is 5.31. The molecule has 0 radical (unpaired) electrons. The van der Waals surface area contributed by atoms with Crippen LogP contribution in [0.4, 0.5) is 0 Å². The molecule has 0 aliphatic carbocycles. The van der Waals surface area contributed by atoms with Crippen molar-refractivity contribution in [2.24, 2.45) is 0 Å². The van der Waals surface area contributed by atoms with Crippen molar-refractivity contribution in [2.75, 3.05) is 33.3 Å². The highest BCUT2D eigenvalue weighted by Crippen LogP contribution is 2.21. The smallest absolute Gasteiger partial charge is 0.258 e. The Bertz CT molecular complexity index is 358. The highest BCUT2D eigenvalue weighted by Gasteiger charge is 2.27. The van der Waals surface area contributed by atoms with Crippen molar-refractivity contribution in [1.29, 1.82) is 0 Å². The van der Waals surface area contributed by atoms with Crippen LogP contribution in [0.25, 0.3) is 0 Å². The number of methoxy groups -OCH3 is 1. The van der Waals surface area contributed by atoms with Crippen LogP contribution in [0.3, 0.4) is 0 Å². The van der Waals surface area contributed by atoms with E-state index in [9.17, 15) is 0 Å². The molecule has 0 unspecified atom stereocenters. The van der Waals surface area contributed by atoms with E-state index in [-0.39, 0.29) is 0 Å². The summed E-state index contributed by atoms with van der Waals surface area (Å²) in [4.78, 5) is 6.69. The number of ether oxygens (including phenoxy) is 1. The molecule has 0 spiro atoms. The van der Waals surface area contributed by atoms with Gasteiger partial charge in [0, 0.05) is 33.3 Å². The molecule has 1 aromatic heterocycles. The molecule has 0 saturated carbocycles. The monoisotopic (exact) mass is 240 g/mol. The molecule has 6 nitrogen and oxygen atoms in total. The quantitative estimate of drug-likeness (QED) is 0.819. The van der Waals surface area contributed by atoms with Crippen LogP contribution in [0.5, 0.6) is 0 Å². The van der Waals surface area contributed by atoms with Crippen LogP contribution in [-0.4, -0.2) is 48.3 Å². The van der Waals surface area contributed by atoms with Crippen LogP contribution in [0, 0.1) is 0 Å². The lowest BCUT2D eigenvalue weighted by Crippen LogP contribution is -2.43. The minimum Gasteiger partial charge on any atom is -0.369 e. The highest BCUT2D eigenvalue weighted by atomic mass is 16.5. The van der Waals surface area contributed by atoms with E-state index in [0.29, 0.717) is 5.89 Å². The molecule has 0 bridgehead atoms. The second kappa shape index (κ2) is 5.12. The molecule has 96 valence electrons. The first-order valence-electron chi connectivity index (χ1n) is 5.93. The summed E-state index contributed by atoms with van der Waals surface area (Å²) in [5, 5.41) is 7.31. The second-order valence-electron chi connectivity index (χ2n) is 4.76. The van der Waals surface area contributed by atoms with Crippen molar-refractivity contribution in [3.8, 4) is 0 Å². The molecular weight excluding hydrogens is 220 g/mol. The van der Waals surface area contributed by atoms with Gasteiger partial charge in [0.2, 0.25) is 0 Å². The van der Waals surface area contributed by atoms with Gasteiger partial charge in [-0.05, 0) is 13.8 Å². The Labute approximate surface area is 101 Å². The molecule has 1 aromatic rings. The number of rotatable bonds is 4. The molecule has 2 rings (SSSR count). The van der Waals surface area contributed by atoms with Crippen LogP contribution in [0.15, 0.2) is 4.52 Å². The van der Waals surface area contributed by atoms with Crippen molar-refractivity contribution in [3.63, 3.8) is 0 Å². The summed E-state index contributed by atoms with van der Waals surface area (Å²) in [6.45, 7) is 8.66. The third-order valence-corrected chi connectivity index (χ3v) is 3.07. The number of hydrogen-bond donors (Lipinski definition) is 1. The first-order valence-corrected chi connectivity index (χ1v) is 5.93. The minimum absolute atomic E-state index is 0.519. The van der Waals surface area contributed by atoms with Crippen molar-refractivity contribution in [1.82, 2.24) is 20.4 Å². The molecule has 1 N–H and O–H groups in total. The van der Waals surface area contributed by atoms with E-state index >= 15 is 0 Å². The van der Waals surface area contributed by atoms with Gasteiger partial charge in [0.05, 0.1) is 6.54 Å². The topological polar surface area (TPSA) is 63.4 Å². The van der Waals surface area contributed by atoms with E-state index in [2.05, 4.69) is 20.4 Å². The van der Waals surface area contributed by atoms with Gasteiger partial charge in [-0.1, -0.05) is 5.16 Å².